The van der Waals surface area contributed by atoms with Crippen LogP contribution in [0.4, 0.5) is 5.69 Å². The third-order valence-corrected chi connectivity index (χ3v) is 5.85. The Morgan fingerprint density at radius 3 is 2.28 bits per heavy atom. The van der Waals surface area contributed by atoms with Gasteiger partial charge in [0, 0.05) is 32.8 Å². The summed E-state index contributed by atoms with van der Waals surface area (Å²) in [5, 5.41) is 5.16. The molecule has 0 saturated carbocycles. The fourth-order valence-electron chi connectivity index (χ4n) is 2.39. The minimum Gasteiger partial charge on any atom is -0.495 e. The largest absolute Gasteiger partial charge is 0.495 e. The normalized spacial score (nSPS) is 11.5. The third-order valence-electron chi connectivity index (χ3n) is 4.03. The van der Waals surface area contributed by atoms with Crippen molar-refractivity contribution in [3.05, 3.63) is 59.7 Å². The van der Waals surface area contributed by atoms with Gasteiger partial charge in [0.15, 0.2) is 0 Å². The highest BCUT2D eigenvalue weighted by Crippen LogP contribution is 2.28. The van der Waals surface area contributed by atoms with Crippen LogP contribution in [0.5, 0.6) is 5.75 Å². The lowest BCUT2D eigenvalue weighted by Gasteiger charge is -2.14. The highest BCUT2D eigenvalue weighted by atomic mass is 32.2. The summed E-state index contributed by atoms with van der Waals surface area (Å²) in [5.74, 6) is -0.324. The number of nitrogens with one attached hydrogen (secondary N) is 2. The number of carbonyl (C=O) groups is 2. The van der Waals surface area contributed by atoms with Crippen molar-refractivity contribution in [1.29, 1.82) is 0 Å². The maximum absolute atomic E-state index is 12.3. The van der Waals surface area contributed by atoms with E-state index in [0.29, 0.717) is 11.3 Å². The lowest BCUT2D eigenvalue weighted by atomic mass is 10.1. The average molecular weight is 417 g/mol. The lowest BCUT2D eigenvalue weighted by molar-refractivity contribution is -0.111. The molecule has 29 heavy (non-hydrogen) atoms. The van der Waals surface area contributed by atoms with Gasteiger partial charge in [-0.15, -0.1) is 0 Å². The second-order valence-electron chi connectivity index (χ2n) is 6.17. The summed E-state index contributed by atoms with van der Waals surface area (Å²) in [6.45, 7) is 0. The van der Waals surface area contributed by atoms with Crippen molar-refractivity contribution in [2.45, 2.75) is 4.90 Å². The van der Waals surface area contributed by atoms with Gasteiger partial charge in [0.2, 0.25) is 15.9 Å². The molecule has 0 heterocycles. The van der Waals surface area contributed by atoms with Gasteiger partial charge in [-0.25, -0.2) is 12.7 Å². The zero-order valence-electron chi connectivity index (χ0n) is 16.6. The van der Waals surface area contributed by atoms with Gasteiger partial charge in [0.25, 0.3) is 5.91 Å². The van der Waals surface area contributed by atoms with Crippen LogP contribution >= 0.6 is 0 Å². The van der Waals surface area contributed by atoms with Crippen LogP contribution in [0, 0.1) is 0 Å². The second-order valence-corrected chi connectivity index (χ2v) is 8.33. The number of benzene rings is 2. The Bertz CT molecular complexity index is 1030. The Morgan fingerprint density at radius 1 is 1.07 bits per heavy atom. The molecule has 2 N–H and O–H groups in total. The molecule has 2 amide bonds. The van der Waals surface area contributed by atoms with Crippen molar-refractivity contribution in [3.63, 3.8) is 0 Å². The maximum atomic E-state index is 12.3. The van der Waals surface area contributed by atoms with E-state index in [1.807, 2.05) is 0 Å². The molecule has 8 nitrogen and oxygen atoms in total. The van der Waals surface area contributed by atoms with Crippen molar-refractivity contribution in [3.8, 4) is 5.75 Å². The van der Waals surface area contributed by atoms with Gasteiger partial charge < -0.3 is 15.4 Å². The van der Waals surface area contributed by atoms with E-state index in [1.165, 1.54) is 45.5 Å². The van der Waals surface area contributed by atoms with Crippen LogP contribution in [0.15, 0.2) is 53.4 Å². The lowest BCUT2D eigenvalue weighted by Crippen LogP contribution is -2.22. The molecule has 9 heteroatoms. The number of ether oxygens (including phenoxy) is 1. The predicted molar refractivity (Wildman–Crippen MR) is 111 cm³/mol. The number of rotatable bonds is 7. The Labute approximate surface area is 170 Å². The average Bonchev–Trinajstić information content (AvgIpc) is 2.71. The topological polar surface area (TPSA) is 105 Å². The number of methoxy groups -OCH3 is 1. The van der Waals surface area contributed by atoms with Crippen LogP contribution in [-0.4, -0.2) is 52.8 Å². The van der Waals surface area contributed by atoms with Crippen LogP contribution in [0.3, 0.4) is 0 Å². The smallest absolute Gasteiger partial charge is 0.251 e. The third kappa shape index (κ3) is 5.43. The van der Waals surface area contributed by atoms with Crippen molar-refractivity contribution >= 4 is 33.6 Å². The van der Waals surface area contributed by atoms with Gasteiger partial charge in [0.1, 0.15) is 5.75 Å². The van der Waals surface area contributed by atoms with E-state index in [9.17, 15) is 18.0 Å². The molecule has 0 unspecified atom stereocenters. The molecule has 154 valence electrons. The first-order chi connectivity index (χ1) is 13.7. The van der Waals surface area contributed by atoms with E-state index >= 15 is 0 Å². The van der Waals surface area contributed by atoms with Gasteiger partial charge in [-0.3, -0.25) is 9.59 Å². The van der Waals surface area contributed by atoms with Crippen LogP contribution in [0.2, 0.25) is 0 Å². The summed E-state index contributed by atoms with van der Waals surface area (Å²) in [6.07, 6.45) is 2.89. The minimum atomic E-state index is -3.65. The van der Waals surface area contributed by atoms with E-state index < -0.39 is 15.9 Å². The standard InChI is InChI=1S/C20H23N3O5S/c1-21-20(25)15-8-5-14(6-9-15)7-12-19(24)22-17-13-16(10-11-18(17)28-4)29(26,27)23(2)3/h5-13H,1-4H3,(H,21,25)(H,22,24). The Kier molecular flexibility index (Phi) is 7.13. The van der Waals surface area contributed by atoms with Crippen molar-refractivity contribution in [1.82, 2.24) is 9.62 Å². The Hall–Kier alpha value is -3.17. The predicted octanol–water partition coefficient (Wildman–Crippen LogP) is 1.96. The first-order valence-corrected chi connectivity index (χ1v) is 10.0. The van der Waals surface area contributed by atoms with E-state index in [4.69, 9.17) is 4.74 Å². The Morgan fingerprint density at radius 2 is 1.72 bits per heavy atom. The van der Waals surface area contributed by atoms with Crippen molar-refractivity contribution in [2.75, 3.05) is 33.6 Å². The summed E-state index contributed by atoms with van der Waals surface area (Å²) in [7, 11) is 2.17. The second kappa shape index (κ2) is 9.35. The molecule has 0 fully saturated rings. The fourth-order valence-corrected chi connectivity index (χ4v) is 3.32. The molecule has 0 radical (unpaired) electrons. The number of sulfonamides is 1. The number of nitrogens with zero attached hydrogens (tertiary/aromatic N) is 1. The highest BCUT2D eigenvalue weighted by Gasteiger charge is 2.19. The minimum absolute atomic E-state index is 0.0346. The first kappa shape index (κ1) is 22.1. The van der Waals surface area contributed by atoms with E-state index in [-0.39, 0.29) is 16.5 Å². The van der Waals surface area contributed by atoms with Crippen LogP contribution in [0.1, 0.15) is 15.9 Å². The molecule has 2 aromatic rings. The van der Waals surface area contributed by atoms with Gasteiger partial charge >= 0.3 is 0 Å². The fraction of sp³-hybridized carbons (Fsp3) is 0.200. The molecular weight excluding hydrogens is 394 g/mol. The number of anilines is 1. The highest BCUT2D eigenvalue weighted by molar-refractivity contribution is 7.89. The Balaban J connectivity index is 2.19. The molecule has 0 spiro atoms. The SMILES string of the molecule is CNC(=O)c1ccc(C=CC(=O)Nc2cc(S(=O)(=O)N(C)C)ccc2OC)cc1. The molecule has 2 aromatic carbocycles. The molecule has 0 atom stereocenters. The van der Waals surface area contributed by atoms with Gasteiger partial charge in [-0.2, -0.15) is 0 Å². The molecular formula is C20H23N3O5S. The number of hydrogen-bond acceptors (Lipinski definition) is 5. The van der Waals surface area contributed by atoms with Crippen LogP contribution in [-0.2, 0) is 14.8 Å². The molecule has 0 aliphatic heterocycles. The van der Waals surface area contributed by atoms with Gasteiger partial charge in [0.05, 0.1) is 17.7 Å². The summed E-state index contributed by atoms with van der Waals surface area (Å²) in [5.41, 5.74) is 1.47. The van der Waals surface area contributed by atoms with E-state index in [1.54, 1.807) is 37.4 Å². The molecule has 0 aliphatic carbocycles. The zero-order valence-corrected chi connectivity index (χ0v) is 17.4. The van der Waals surface area contributed by atoms with Gasteiger partial charge in [-0.1, -0.05) is 12.1 Å². The summed E-state index contributed by atoms with van der Waals surface area (Å²) < 4.78 is 30.9. The maximum Gasteiger partial charge on any atom is 0.251 e. The summed E-state index contributed by atoms with van der Waals surface area (Å²) >= 11 is 0. The van der Waals surface area contributed by atoms with Crippen molar-refractivity contribution in [2.24, 2.45) is 0 Å². The number of carbonyl (C=O) groups excluding carboxylic acids is 2. The molecule has 0 aliphatic rings. The molecule has 2 rings (SSSR count). The number of hydrogen-bond donors (Lipinski definition) is 2. The van der Waals surface area contributed by atoms with Crippen LogP contribution < -0.4 is 15.4 Å². The number of amides is 2. The monoisotopic (exact) mass is 417 g/mol. The quantitative estimate of drug-likeness (QED) is 0.670. The zero-order chi connectivity index (χ0) is 21.6. The van der Waals surface area contributed by atoms with Gasteiger partial charge in [-0.05, 0) is 42.0 Å². The van der Waals surface area contributed by atoms with Crippen molar-refractivity contribution < 1.29 is 22.7 Å². The molecule has 0 bridgehead atoms. The molecule has 0 aromatic heterocycles. The molecule has 0 saturated heterocycles. The van der Waals surface area contributed by atoms with E-state index in [2.05, 4.69) is 10.6 Å². The van der Waals surface area contributed by atoms with E-state index in [0.717, 1.165) is 9.87 Å². The summed E-state index contributed by atoms with van der Waals surface area (Å²) in [6, 6.07) is 10.9. The summed E-state index contributed by atoms with van der Waals surface area (Å²) in [4.78, 5) is 23.9. The first-order valence-electron chi connectivity index (χ1n) is 8.61. The van der Waals surface area contributed by atoms with Crippen LogP contribution in [0.25, 0.3) is 6.08 Å².